The summed E-state index contributed by atoms with van der Waals surface area (Å²) in [5, 5.41) is 5.25. The van der Waals surface area contributed by atoms with Crippen LogP contribution in [0.5, 0.6) is 0 Å². The summed E-state index contributed by atoms with van der Waals surface area (Å²) in [6, 6.07) is -0.0741. The Hall–Kier alpha value is -0.980. The molecule has 0 radical (unpaired) electrons. The number of aromatic nitrogens is 1. The lowest BCUT2D eigenvalue weighted by molar-refractivity contribution is -0.119. The van der Waals surface area contributed by atoms with Crippen molar-refractivity contribution >= 4 is 22.4 Å². The second-order valence-corrected chi connectivity index (χ2v) is 4.71. The zero-order valence-electron chi connectivity index (χ0n) is 8.51. The van der Waals surface area contributed by atoms with E-state index >= 15 is 0 Å². The van der Waals surface area contributed by atoms with Gasteiger partial charge in [-0.3, -0.25) is 4.79 Å². The molecular formula is C9H14N4OS. The highest BCUT2D eigenvalue weighted by molar-refractivity contribution is 7.13. The van der Waals surface area contributed by atoms with Gasteiger partial charge in [-0.1, -0.05) is 0 Å². The van der Waals surface area contributed by atoms with E-state index in [0.29, 0.717) is 5.13 Å². The van der Waals surface area contributed by atoms with E-state index in [1.165, 1.54) is 11.3 Å². The van der Waals surface area contributed by atoms with Crippen LogP contribution in [0.25, 0.3) is 0 Å². The van der Waals surface area contributed by atoms with Gasteiger partial charge in [0.15, 0.2) is 5.13 Å². The fourth-order valence-corrected chi connectivity index (χ4v) is 2.33. The Bertz CT molecular complexity index is 340. The Labute approximate surface area is 92.3 Å². The normalized spacial score (nSPS) is 26.8. The Morgan fingerprint density at radius 3 is 3.07 bits per heavy atom. The Balaban J connectivity index is 1.97. The topological polar surface area (TPSA) is 71.2 Å². The van der Waals surface area contributed by atoms with Crippen molar-refractivity contribution in [3.63, 3.8) is 0 Å². The summed E-state index contributed by atoms with van der Waals surface area (Å²) < 4.78 is 0. The second-order valence-electron chi connectivity index (χ2n) is 3.82. The molecule has 1 aromatic heterocycles. The van der Waals surface area contributed by atoms with Gasteiger partial charge in [0.1, 0.15) is 0 Å². The van der Waals surface area contributed by atoms with E-state index in [0.717, 1.165) is 13.1 Å². The summed E-state index contributed by atoms with van der Waals surface area (Å²) in [4.78, 5) is 17.9. The minimum Gasteiger partial charge on any atom is -0.326 e. The zero-order chi connectivity index (χ0) is 10.8. The first-order chi connectivity index (χ1) is 7.16. The number of thiazole rings is 1. The summed E-state index contributed by atoms with van der Waals surface area (Å²) in [6.07, 6.45) is 1.67. The molecule has 3 N–H and O–H groups in total. The molecule has 1 aliphatic rings. The molecule has 1 saturated heterocycles. The average molecular weight is 226 g/mol. The van der Waals surface area contributed by atoms with Crippen LogP contribution >= 0.6 is 11.3 Å². The molecule has 0 bridgehead atoms. The quantitative estimate of drug-likeness (QED) is 0.743. The van der Waals surface area contributed by atoms with E-state index in [-0.39, 0.29) is 17.9 Å². The molecule has 0 aliphatic carbocycles. The minimum atomic E-state index is -0.126. The van der Waals surface area contributed by atoms with Gasteiger partial charge in [0.05, 0.1) is 5.92 Å². The maximum absolute atomic E-state index is 11.8. The molecule has 6 heteroatoms. The lowest BCUT2D eigenvalue weighted by Crippen LogP contribution is -2.37. The standard InChI is InChI=1S/C9H14N4OS/c1-13-4-6(7(10)5-13)8(14)12-9-11-2-3-15-9/h2-3,6-7H,4-5,10H2,1H3,(H,11,12,14)/t6-,7+/m1/s1. The van der Waals surface area contributed by atoms with Crippen molar-refractivity contribution < 1.29 is 4.79 Å². The molecule has 5 nitrogen and oxygen atoms in total. The van der Waals surface area contributed by atoms with E-state index in [1.807, 2.05) is 12.4 Å². The summed E-state index contributed by atoms with van der Waals surface area (Å²) in [5.74, 6) is -0.152. The highest BCUT2D eigenvalue weighted by atomic mass is 32.1. The maximum atomic E-state index is 11.8. The van der Waals surface area contributed by atoms with Crippen LogP contribution in [0.4, 0.5) is 5.13 Å². The van der Waals surface area contributed by atoms with Crippen LogP contribution in [0.15, 0.2) is 11.6 Å². The molecule has 2 heterocycles. The fourth-order valence-electron chi connectivity index (χ4n) is 1.79. The van der Waals surface area contributed by atoms with Crippen molar-refractivity contribution in [2.75, 3.05) is 25.5 Å². The van der Waals surface area contributed by atoms with Crippen LogP contribution in [0, 0.1) is 5.92 Å². The van der Waals surface area contributed by atoms with E-state index in [1.54, 1.807) is 6.20 Å². The van der Waals surface area contributed by atoms with Crippen LogP contribution in [0.3, 0.4) is 0 Å². The lowest BCUT2D eigenvalue weighted by atomic mass is 10.0. The Kier molecular flexibility index (Phi) is 2.99. The van der Waals surface area contributed by atoms with Gasteiger partial charge < -0.3 is 16.0 Å². The van der Waals surface area contributed by atoms with Gasteiger partial charge in [0, 0.05) is 30.7 Å². The van der Waals surface area contributed by atoms with Gasteiger partial charge in [0.25, 0.3) is 0 Å². The molecule has 0 spiro atoms. The molecule has 1 aliphatic heterocycles. The van der Waals surface area contributed by atoms with Gasteiger partial charge in [-0.15, -0.1) is 11.3 Å². The van der Waals surface area contributed by atoms with Crippen molar-refractivity contribution in [3.8, 4) is 0 Å². The van der Waals surface area contributed by atoms with Crippen molar-refractivity contribution in [1.82, 2.24) is 9.88 Å². The first-order valence-corrected chi connectivity index (χ1v) is 5.69. The number of nitrogens with one attached hydrogen (secondary N) is 1. The Morgan fingerprint density at radius 1 is 1.73 bits per heavy atom. The molecular weight excluding hydrogens is 212 g/mol. The van der Waals surface area contributed by atoms with Crippen LogP contribution < -0.4 is 11.1 Å². The first-order valence-electron chi connectivity index (χ1n) is 4.81. The van der Waals surface area contributed by atoms with Crippen molar-refractivity contribution in [1.29, 1.82) is 0 Å². The largest absolute Gasteiger partial charge is 0.326 e. The molecule has 0 aromatic carbocycles. The fraction of sp³-hybridized carbons (Fsp3) is 0.556. The molecule has 2 rings (SSSR count). The monoisotopic (exact) mass is 226 g/mol. The number of likely N-dealkylation sites (tertiary alicyclic amines) is 1. The molecule has 15 heavy (non-hydrogen) atoms. The van der Waals surface area contributed by atoms with Crippen LogP contribution in [0.1, 0.15) is 0 Å². The number of likely N-dealkylation sites (N-methyl/N-ethyl adjacent to an activating group) is 1. The predicted octanol–water partition coefficient (Wildman–Crippen LogP) is -0.0295. The first kappa shape index (κ1) is 10.5. The summed E-state index contributed by atoms with van der Waals surface area (Å²) in [6.45, 7) is 1.49. The van der Waals surface area contributed by atoms with Gasteiger partial charge in [0.2, 0.25) is 5.91 Å². The van der Waals surface area contributed by atoms with Gasteiger partial charge in [-0.2, -0.15) is 0 Å². The SMILES string of the molecule is CN1C[C@H](N)[C@H](C(=O)Nc2nccs2)C1. The zero-order valence-corrected chi connectivity index (χ0v) is 9.33. The van der Waals surface area contributed by atoms with Crippen molar-refractivity contribution in [3.05, 3.63) is 11.6 Å². The number of nitrogens with two attached hydrogens (primary N) is 1. The van der Waals surface area contributed by atoms with Gasteiger partial charge in [-0.05, 0) is 7.05 Å². The number of hydrogen-bond donors (Lipinski definition) is 2. The van der Waals surface area contributed by atoms with Crippen molar-refractivity contribution in [2.45, 2.75) is 6.04 Å². The minimum absolute atomic E-state index is 0.0261. The second kappa shape index (κ2) is 4.26. The lowest BCUT2D eigenvalue weighted by Gasteiger charge is -2.12. The number of nitrogens with zero attached hydrogens (tertiary/aromatic N) is 2. The number of carbonyl (C=O) groups is 1. The van der Waals surface area contributed by atoms with E-state index in [9.17, 15) is 4.79 Å². The smallest absolute Gasteiger partial charge is 0.232 e. The van der Waals surface area contributed by atoms with Gasteiger partial charge >= 0.3 is 0 Å². The number of amides is 1. The number of rotatable bonds is 2. The molecule has 0 unspecified atom stereocenters. The molecule has 1 fully saturated rings. The van der Waals surface area contributed by atoms with Crippen LogP contribution in [-0.2, 0) is 4.79 Å². The number of carbonyl (C=O) groups excluding carboxylic acids is 1. The van der Waals surface area contributed by atoms with Crippen LogP contribution in [0.2, 0.25) is 0 Å². The third-order valence-electron chi connectivity index (χ3n) is 2.55. The van der Waals surface area contributed by atoms with Crippen LogP contribution in [-0.4, -0.2) is 42.0 Å². The van der Waals surface area contributed by atoms with E-state index in [4.69, 9.17) is 5.73 Å². The molecule has 2 atom stereocenters. The third kappa shape index (κ3) is 2.34. The molecule has 1 aromatic rings. The molecule has 1 amide bonds. The maximum Gasteiger partial charge on any atom is 0.232 e. The predicted molar refractivity (Wildman–Crippen MR) is 59.7 cm³/mol. The van der Waals surface area contributed by atoms with Gasteiger partial charge in [-0.25, -0.2) is 4.98 Å². The Morgan fingerprint density at radius 2 is 2.53 bits per heavy atom. The summed E-state index contributed by atoms with van der Waals surface area (Å²) >= 11 is 1.41. The molecule has 82 valence electrons. The third-order valence-corrected chi connectivity index (χ3v) is 3.24. The van der Waals surface area contributed by atoms with E-state index in [2.05, 4.69) is 15.2 Å². The highest BCUT2D eigenvalue weighted by Gasteiger charge is 2.33. The number of hydrogen-bond acceptors (Lipinski definition) is 5. The number of anilines is 1. The van der Waals surface area contributed by atoms with Crippen molar-refractivity contribution in [2.24, 2.45) is 11.7 Å². The summed E-state index contributed by atoms with van der Waals surface area (Å²) in [7, 11) is 1.97. The van der Waals surface area contributed by atoms with E-state index < -0.39 is 0 Å². The average Bonchev–Trinajstić information content (AvgIpc) is 2.75. The summed E-state index contributed by atoms with van der Waals surface area (Å²) in [5.41, 5.74) is 5.88. The molecule has 0 saturated carbocycles. The highest BCUT2D eigenvalue weighted by Crippen LogP contribution is 2.17.